The third-order valence-corrected chi connectivity index (χ3v) is 3.12. The number of ether oxygens (including phenoxy) is 1. The average molecular weight is 311 g/mol. The minimum absolute atomic E-state index is 0.198. The Balaban J connectivity index is 2.92. The van der Waals surface area contributed by atoms with Crippen LogP contribution in [0.4, 0.5) is 0 Å². The summed E-state index contributed by atoms with van der Waals surface area (Å²) in [5, 5.41) is 12.2. The second kappa shape index (κ2) is 7.40. The Morgan fingerprint density at radius 3 is 2.78 bits per heavy atom. The monoisotopic (exact) mass is 310 g/mol. The molecule has 0 fully saturated rings. The van der Waals surface area contributed by atoms with Crippen molar-refractivity contribution in [1.82, 2.24) is 5.32 Å². The highest BCUT2D eigenvalue weighted by Gasteiger charge is 2.13. The number of rotatable bonds is 6. The first-order valence-corrected chi connectivity index (χ1v) is 6.96. The molecule has 1 N–H and O–H groups in total. The third kappa shape index (κ3) is 4.32. The Morgan fingerprint density at radius 2 is 2.17 bits per heavy atom. The summed E-state index contributed by atoms with van der Waals surface area (Å²) in [5.74, 6) is 0.767. The molecule has 1 aromatic rings. The van der Waals surface area contributed by atoms with Crippen LogP contribution >= 0.6 is 15.9 Å². The van der Waals surface area contributed by atoms with Crippen molar-refractivity contribution < 1.29 is 4.74 Å². The Morgan fingerprint density at radius 1 is 1.44 bits per heavy atom. The van der Waals surface area contributed by atoms with Gasteiger partial charge in [-0.15, -0.1) is 0 Å². The van der Waals surface area contributed by atoms with Crippen LogP contribution < -0.4 is 10.1 Å². The van der Waals surface area contributed by atoms with Crippen molar-refractivity contribution in [2.24, 2.45) is 0 Å². The van der Waals surface area contributed by atoms with Crippen molar-refractivity contribution >= 4 is 15.9 Å². The van der Waals surface area contributed by atoms with E-state index in [9.17, 15) is 0 Å². The molecule has 0 bridgehead atoms. The lowest BCUT2D eigenvalue weighted by Crippen LogP contribution is -2.21. The van der Waals surface area contributed by atoms with Crippen LogP contribution in [0.1, 0.15) is 38.8 Å². The largest absolute Gasteiger partial charge is 0.476 e. The molecule has 0 heterocycles. The maximum Gasteiger partial charge on any atom is 0.181 e. The lowest BCUT2D eigenvalue weighted by molar-refractivity contribution is 0.271. The molecule has 4 heteroatoms. The Bertz CT molecular complexity index is 428. The molecule has 18 heavy (non-hydrogen) atoms. The molecule has 98 valence electrons. The molecular formula is C14H19BrN2O. The molecule has 0 aliphatic heterocycles. The predicted octanol–water partition coefficient (Wildman–Crippen LogP) is 3.80. The lowest BCUT2D eigenvalue weighted by atomic mass is 10.1. The summed E-state index contributed by atoms with van der Waals surface area (Å²) in [4.78, 5) is 0. The van der Waals surface area contributed by atoms with Gasteiger partial charge in [-0.1, -0.05) is 22.9 Å². The topological polar surface area (TPSA) is 45.0 Å². The van der Waals surface area contributed by atoms with Gasteiger partial charge in [0.05, 0.1) is 0 Å². The van der Waals surface area contributed by atoms with Crippen LogP contribution in [0.2, 0.25) is 0 Å². The van der Waals surface area contributed by atoms with Crippen LogP contribution in [0.5, 0.6) is 5.75 Å². The SMILES string of the molecule is CCCNC(C)c1cc(Br)ccc1OC(C)C#N. The van der Waals surface area contributed by atoms with Crippen LogP contribution in [-0.4, -0.2) is 12.6 Å². The minimum Gasteiger partial charge on any atom is -0.476 e. The fraction of sp³-hybridized carbons (Fsp3) is 0.500. The summed E-state index contributed by atoms with van der Waals surface area (Å²) in [5.41, 5.74) is 1.07. The molecule has 1 rings (SSSR count). The van der Waals surface area contributed by atoms with Crippen LogP contribution in [0.25, 0.3) is 0 Å². The molecule has 0 amide bonds. The number of nitrogens with one attached hydrogen (secondary N) is 1. The van der Waals surface area contributed by atoms with Crippen molar-refractivity contribution in [3.63, 3.8) is 0 Å². The van der Waals surface area contributed by atoms with Crippen molar-refractivity contribution in [2.45, 2.75) is 39.3 Å². The van der Waals surface area contributed by atoms with Crippen LogP contribution in [0.3, 0.4) is 0 Å². The molecule has 0 saturated heterocycles. The Hall–Kier alpha value is -1.05. The molecule has 1 aromatic carbocycles. The van der Waals surface area contributed by atoms with Crippen LogP contribution in [-0.2, 0) is 0 Å². The van der Waals surface area contributed by atoms with E-state index in [1.165, 1.54) is 0 Å². The zero-order chi connectivity index (χ0) is 13.5. The highest BCUT2D eigenvalue weighted by atomic mass is 79.9. The highest BCUT2D eigenvalue weighted by Crippen LogP contribution is 2.29. The second-order valence-electron chi connectivity index (χ2n) is 4.25. The van der Waals surface area contributed by atoms with E-state index in [0.29, 0.717) is 0 Å². The van der Waals surface area contributed by atoms with Gasteiger partial charge in [-0.3, -0.25) is 0 Å². The summed E-state index contributed by atoms with van der Waals surface area (Å²) in [6.07, 6.45) is 0.645. The number of hydrogen-bond acceptors (Lipinski definition) is 3. The van der Waals surface area contributed by atoms with Gasteiger partial charge in [0.15, 0.2) is 6.10 Å². The van der Waals surface area contributed by atoms with E-state index in [1.54, 1.807) is 6.92 Å². The van der Waals surface area contributed by atoms with Gasteiger partial charge in [-0.2, -0.15) is 5.26 Å². The molecule has 0 saturated carbocycles. The van der Waals surface area contributed by atoms with E-state index in [4.69, 9.17) is 10.00 Å². The number of benzene rings is 1. The van der Waals surface area contributed by atoms with Gasteiger partial charge in [-0.05, 0) is 45.0 Å². The predicted molar refractivity (Wildman–Crippen MR) is 76.6 cm³/mol. The quantitative estimate of drug-likeness (QED) is 0.869. The molecule has 2 atom stereocenters. The van der Waals surface area contributed by atoms with Gasteiger partial charge in [0.25, 0.3) is 0 Å². The number of halogens is 1. The molecule has 2 unspecified atom stereocenters. The van der Waals surface area contributed by atoms with Crippen molar-refractivity contribution in [3.05, 3.63) is 28.2 Å². The van der Waals surface area contributed by atoms with E-state index in [2.05, 4.69) is 41.2 Å². The second-order valence-corrected chi connectivity index (χ2v) is 5.16. The zero-order valence-corrected chi connectivity index (χ0v) is 12.6. The first-order chi connectivity index (χ1) is 8.58. The van der Waals surface area contributed by atoms with E-state index in [-0.39, 0.29) is 6.04 Å². The molecule has 0 spiro atoms. The third-order valence-electron chi connectivity index (χ3n) is 2.62. The maximum absolute atomic E-state index is 8.82. The average Bonchev–Trinajstić information content (AvgIpc) is 2.37. The van der Waals surface area contributed by atoms with Crippen LogP contribution in [0, 0.1) is 11.3 Å². The fourth-order valence-electron chi connectivity index (χ4n) is 1.65. The molecule has 0 aliphatic rings. The summed E-state index contributed by atoms with van der Waals surface area (Å²) < 4.78 is 6.64. The van der Waals surface area contributed by atoms with Crippen molar-refractivity contribution in [3.8, 4) is 11.8 Å². The summed E-state index contributed by atoms with van der Waals surface area (Å²) in [6, 6.07) is 8.14. The molecule has 0 aliphatic carbocycles. The van der Waals surface area contributed by atoms with E-state index >= 15 is 0 Å². The molecular weight excluding hydrogens is 292 g/mol. The lowest BCUT2D eigenvalue weighted by Gasteiger charge is -2.19. The van der Waals surface area contributed by atoms with E-state index in [1.807, 2.05) is 18.2 Å². The fourth-order valence-corrected chi connectivity index (χ4v) is 2.03. The first-order valence-electron chi connectivity index (χ1n) is 6.17. The zero-order valence-electron chi connectivity index (χ0n) is 11.0. The number of nitriles is 1. The van der Waals surface area contributed by atoms with Crippen LogP contribution in [0.15, 0.2) is 22.7 Å². The smallest absolute Gasteiger partial charge is 0.181 e. The maximum atomic E-state index is 8.82. The number of nitrogens with zero attached hydrogens (tertiary/aromatic N) is 1. The van der Waals surface area contributed by atoms with Gasteiger partial charge in [0.2, 0.25) is 0 Å². The standard InChI is InChI=1S/C14H19BrN2O/c1-4-7-17-11(3)13-8-12(15)5-6-14(13)18-10(2)9-16/h5-6,8,10-11,17H,4,7H2,1-3H3. The van der Waals surface area contributed by atoms with Crippen molar-refractivity contribution in [2.75, 3.05) is 6.54 Å². The Kier molecular flexibility index (Phi) is 6.17. The summed E-state index contributed by atoms with van der Waals surface area (Å²) in [7, 11) is 0. The summed E-state index contributed by atoms with van der Waals surface area (Å²) in [6.45, 7) is 6.94. The van der Waals surface area contributed by atoms with E-state index in [0.717, 1.165) is 28.8 Å². The first kappa shape index (κ1) is 15.0. The van der Waals surface area contributed by atoms with Gasteiger partial charge < -0.3 is 10.1 Å². The minimum atomic E-state index is -0.441. The van der Waals surface area contributed by atoms with E-state index < -0.39 is 6.10 Å². The molecule has 0 radical (unpaired) electrons. The number of hydrogen-bond donors (Lipinski definition) is 1. The normalized spacial score (nSPS) is 13.7. The van der Waals surface area contributed by atoms with Gasteiger partial charge in [0.1, 0.15) is 11.8 Å². The van der Waals surface area contributed by atoms with Gasteiger partial charge >= 0.3 is 0 Å². The molecule has 0 aromatic heterocycles. The van der Waals surface area contributed by atoms with Gasteiger partial charge in [-0.25, -0.2) is 0 Å². The molecule has 3 nitrogen and oxygen atoms in total. The summed E-state index contributed by atoms with van der Waals surface area (Å²) >= 11 is 3.47. The van der Waals surface area contributed by atoms with Crippen molar-refractivity contribution in [1.29, 1.82) is 5.26 Å². The van der Waals surface area contributed by atoms with Gasteiger partial charge in [0, 0.05) is 16.1 Å². The highest BCUT2D eigenvalue weighted by molar-refractivity contribution is 9.10. The Labute approximate surface area is 117 Å².